The summed E-state index contributed by atoms with van der Waals surface area (Å²) in [6.45, 7) is 2.59. The van der Waals surface area contributed by atoms with Crippen molar-refractivity contribution in [1.29, 1.82) is 0 Å². The largest absolute Gasteiger partial charge is 0.383 e. The van der Waals surface area contributed by atoms with Gasteiger partial charge in [-0.25, -0.2) is 13.2 Å². The van der Waals surface area contributed by atoms with Gasteiger partial charge in [0, 0.05) is 39.3 Å². The van der Waals surface area contributed by atoms with Gasteiger partial charge in [-0.05, 0) is 31.6 Å². The van der Waals surface area contributed by atoms with Gasteiger partial charge in [0.05, 0.1) is 11.9 Å². The number of nitrogens with zero attached hydrogens (tertiary/aromatic N) is 2. The number of nitrogens with one attached hydrogen (secondary N) is 1. The maximum Gasteiger partial charge on any atom is 0.317 e. The minimum atomic E-state index is -3.26. The summed E-state index contributed by atoms with van der Waals surface area (Å²) in [5.41, 5.74) is 0. The Kier molecular flexibility index (Phi) is 5.66. The van der Waals surface area contributed by atoms with Gasteiger partial charge in [-0.2, -0.15) is 4.31 Å². The predicted molar refractivity (Wildman–Crippen MR) is 91.2 cm³/mol. The van der Waals surface area contributed by atoms with Crippen LogP contribution in [0.1, 0.15) is 38.5 Å². The van der Waals surface area contributed by atoms with Gasteiger partial charge >= 0.3 is 6.03 Å². The summed E-state index contributed by atoms with van der Waals surface area (Å²) in [6, 6.07) is 0.282. The van der Waals surface area contributed by atoms with E-state index in [4.69, 9.17) is 4.74 Å². The molecule has 0 aromatic rings. The highest BCUT2D eigenvalue weighted by molar-refractivity contribution is 7.90. The fraction of sp³-hybridized carbons (Fsp3) is 0.938. The Labute approximate surface area is 144 Å². The third-order valence-electron chi connectivity index (χ3n) is 5.67. The Bertz CT molecular complexity index is 548. The molecule has 0 spiro atoms. The van der Waals surface area contributed by atoms with E-state index >= 15 is 0 Å². The van der Waals surface area contributed by atoms with E-state index in [1.165, 1.54) is 12.8 Å². The van der Waals surface area contributed by atoms with Crippen molar-refractivity contribution in [1.82, 2.24) is 14.5 Å². The molecule has 0 unspecified atom stereocenters. The zero-order valence-corrected chi connectivity index (χ0v) is 15.3. The molecular formula is C16H29N3O4S. The molecule has 2 amide bonds. The SMILES string of the molecule is COCCN1C[C@H]2CCN(C(=O)NC3CCCC3)CC[C@H]2S1(=O)=O. The second-order valence-corrected chi connectivity index (χ2v) is 9.34. The zero-order chi connectivity index (χ0) is 17.2. The van der Waals surface area contributed by atoms with Gasteiger partial charge < -0.3 is 15.0 Å². The van der Waals surface area contributed by atoms with E-state index in [-0.39, 0.29) is 17.2 Å². The molecule has 2 atom stereocenters. The van der Waals surface area contributed by atoms with Gasteiger partial charge in [-0.3, -0.25) is 0 Å². The van der Waals surface area contributed by atoms with Crippen LogP contribution in [0.25, 0.3) is 0 Å². The van der Waals surface area contributed by atoms with Crippen LogP contribution in [0.3, 0.4) is 0 Å². The van der Waals surface area contributed by atoms with Crippen LogP contribution in [0.5, 0.6) is 0 Å². The second-order valence-electron chi connectivity index (χ2n) is 7.19. The minimum absolute atomic E-state index is 0.0180. The number of likely N-dealkylation sites (tertiary alicyclic amines) is 1. The first kappa shape index (κ1) is 17.9. The molecule has 1 saturated carbocycles. The van der Waals surface area contributed by atoms with Crippen molar-refractivity contribution in [3.05, 3.63) is 0 Å². The normalized spacial score (nSPS) is 31.0. The van der Waals surface area contributed by atoms with Crippen molar-refractivity contribution in [3.63, 3.8) is 0 Å². The Morgan fingerprint density at radius 2 is 1.88 bits per heavy atom. The summed E-state index contributed by atoms with van der Waals surface area (Å²) >= 11 is 0. The van der Waals surface area contributed by atoms with E-state index < -0.39 is 10.0 Å². The first-order chi connectivity index (χ1) is 11.5. The third kappa shape index (κ3) is 3.70. The first-order valence-corrected chi connectivity index (χ1v) is 10.6. The third-order valence-corrected chi connectivity index (χ3v) is 8.11. The van der Waals surface area contributed by atoms with Crippen LogP contribution >= 0.6 is 0 Å². The van der Waals surface area contributed by atoms with Crippen molar-refractivity contribution in [2.24, 2.45) is 5.92 Å². The molecule has 1 N–H and O–H groups in total. The monoisotopic (exact) mass is 359 g/mol. The molecule has 24 heavy (non-hydrogen) atoms. The first-order valence-electron chi connectivity index (χ1n) is 9.05. The number of carbonyl (C=O) groups is 1. The smallest absolute Gasteiger partial charge is 0.317 e. The average molecular weight is 359 g/mol. The van der Waals surface area contributed by atoms with Crippen molar-refractivity contribution in [3.8, 4) is 0 Å². The molecule has 2 heterocycles. The van der Waals surface area contributed by atoms with Gasteiger partial charge in [0.1, 0.15) is 0 Å². The molecule has 2 aliphatic heterocycles. The lowest BCUT2D eigenvalue weighted by molar-refractivity contribution is 0.177. The minimum Gasteiger partial charge on any atom is -0.383 e. The topological polar surface area (TPSA) is 79.0 Å². The lowest BCUT2D eigenvalue weighted by atomic mass is 10.0. The summed E-state index contributed by atoms with van der Waals surface area (Å²) < 4.78 is 32.0. The molecule has 0 radical (unpaired) electrons. The van der Waals surface area contributed by atoms with E-state index in [1.807, 2.05) is 4.90 Å². The molecule has 3 fully saturated rings. The summed E-state index contributed by atoms with van der Waals surface area (Å²) in [5.74, 6) is 0.121. The summed E-state index contributed by atoms with van der Waals surface area (Å²) in [6.07, 6.45) is 5.79. The standard InChI is InChI=1S/C16H29N3O4S/c1-23-11-10-19-12-13-6-8-18(9-7-15(13)24(19,21)22)16(20)17-14-4-2-3-5-14/h13-15H,2-12H2,1H3,(H,17,20)/t13-,15-/m1/s1. The lowest BCUT2D eigenvalue weighted by Crippen LogP contribution is -2.44. The van der Waals surface area contributed by atoms with E-state index in [2.05, 4.69) is 5.32 Å². The molecule has 8 heteroatoms. The Hall–Kier alpha value is -0.860. The number of urea groups is 1. The number of sulfonamides is 1. The van der Waals surface area contributed by atoms with E-state index in [1.54, 1.807) is 11.4 Å². The van der Waals surface area contributed by atoms with Crippen LogP contribution in [0.2, 0.25) is 0 Å². The number of carbonyl (C=O) groups excluding carboxylic acids is 1. The lowest BCUT2D eigenvalue weighted by Gasteiger charge is -2.24. The molecule has 3 rings (SSSR count). The summed E-state index contributed by atoms with van der Waals surface area (Å²) in [4.78, 5) is 14.2. The van der Waals surface area contributed by atoms with Crippen LogP contribution in [0.4, 0.5) is 4.79 Å². The molecule has 2 saturated heterocycles. The summed E-state index contributed by atoms with van der Waals surface area (Å²) in [7, 11) is -1.68. The molecular weight excluding hydrogens is 330 g/mol. The molecule has 0 bridgehead atoms. The maximum absolute atomic E-state index is 12.7. The number of hydrogen-bond donors (Lipinski definition) is 1. The number of hydrogen-bond acceptors (Lipinski definition) is 4. The fourth-order valence-electron chi connectivity index (χ4n) is 4.25. The Balaban J connectivity index is 1.58. The van der Waals surface area contributed by atoms with Crippen molar-refractivity contribution < 1.29 is 17.9 Å². The van der Waals surface area contributed by atoms with Crippen LogP contribution < -0.4 is 5.32 Å². The Morgan fingerprint density at radius 1 is 1.17 bits per heavy atom. The number of methoxy groups -OCH3 is 1. The van der Waals surface area contributed by atoms with Gasteiger partial charge in [-0.1, -0.05) is 12.8 Å². The number of rotatable bonds is 4. The Morgan fingerprint density at radius 3 is 2.58 bits per heavy atom. The number of ether oxygens (including phenoxy) is 1. The number of amides is 2. The second kappa shape index (κ2) is 7.58. The highest BCUT2D eigenvalue weighted by Gasteiger charge is 2.47. The molecule has 138 valence electrons. The van der Waals surface area contributed by atoms with Crippen LogP contribution in [0.15, 0.2) is 0 Å². The molecule has 0 aromatic heterocycles. The predicted octanol–water partition coefficient (Wildman–Crippen LogP) is 1.01. The van der Waals surface area contributed by atoms with Gasteiger partial charge in [0.15, 0.2) is 0 Å². The summed E-state index contributed by atoms with van der Waals surface area (Å²) in [5, 5.41) is 2.76. The molecule has 1 aliphatic carbocycles. The van der Waals surface area contributed by atoms with Crippen molar-refractivity contribution >= 4 is 16.1 Å². The maximum atomic E-state index is 12.7. The quantitative estimate of drug-likeness (QED) is 0.812. The fourth-order valence-corrected chi connectivity index (χ4v) is 6.47. The van der Waals surface area contributed by atoms with Gasteiger partial charge in [-0.15, -0.1) is 0 Å². The van der Waals surface area contributed by atoms with Crippen LogP contribution in [-0.2, 0) is 14.8 Å². The van der Waals surface area contributed by atoms with Crippen LogP contribution in [-0.4, -0.2) is 74.8 Å². The van der Waals surface area contributed by atoms with Crippen molar-refractivity contribution in [2.75, 3.05) is 39.9 Å². The van der Waals surface area contributed by atoms with Gasteiger partial charge in [0.25, 0.3) is 0 Å². The highest BCUT2D eigenvalue weighted by atomic mass is 32.2. The highest BCUT2D eigenvalue weighted by Crippen LogP contribution is 2.34. The molecule has 3 aliphatic rings. The molecule has 7 nitrogen and oxygen atoms in total. The average Bonchev–Trinajstić information content (AvgIpc) is 3.05. The van der Waals surface area contributed by atoms with Crippen molar-refractivity contribution in [2.45, 2.75) is 49.8 Å². The van der Waals surface area contributed by atoms with E-state index in [0.717, 1.165) is 19.3 Å². The van der Waals surface area contributed by atoms with Crippen LogP contribution in [0, 0.1) is 5.92 Å². The molecule has 0 aromatic carbocycles. The zero-order valence-electron chi connectivity index (χ0n) is 14.4. The van der Waals surface area contributed by atoms with E-state index in [9.17, 15) is 13.2 Å². The van der Waals surface area contributed by atoms with E-state index in [0.29, 0.717) is 45.2 Å². The number of fused-ring (bicyclic) bond motifs is 1. The van der Waals surface area contributed by atoms with Gasteiger partial charge in [0.2, 0.25) is 10.0 Å².